The van der Waals surface area contributed by atoms with Crippen LogP contribution in [0, 0.1) is 0 Å². The minimum Gasteiger partial charge on any atom is -0.310 e. The van der Waals surface area contributed by atoms with E-state index in [0.717, 1.165) is 139 Å². The smallest absolute Gasteiger partial charge is 0.0995 e. The van der Waals surface area contributed by atoms with Crippen LogP contribution in [-0.4, -0.2) is 24.5 Å². The monoisotopic (exact) mass is 1010 g/mol. The summed E-state index contributed by atoms with van der Waals surface area (Å²) >= 11 is 0. The summed E-state index contributed by atoms with van der Waals surface area (Å²) in [6.07, 6.45) is 3.69. The van der Waals surface area contributed by atoms with E-state index in [4.69, 9.17) is 9.97 Å². The minimum absolute atomic E-state index is 0.822. The first kappa shape index (κ1) is 45.6. The lowest BCUT2D eigenvalue weighted by Crippen LogP contribution is -2.10. The molecule has 0 radical (unpaired) electrons. The van der Waals surface area contributed by atoms with E-state index in [1.807, 2.05) is 42.7 Å². The number of hydrogen-bond acceptors (Lipinski definition) is 6. The van der Waals surface area contributed by atoms with Gasteiger partial charge in [0, 0.05) is 84.9 Å². The molecule has 79 heavy (non-hydrogen) atoms. The van der Waals surface area contributed by atoms with Crippen molar-refractivity contribution in [3.63, 3.8) is 0 Å². The summed E-state index contributed by atoms with van der Waals surface area (Å²) in [5.41, 5.74) is 19.1. The van der Waals surface area contributed by atoms with Crippen LogP contribution >= 0.6 is 0 Å². The van der Waals surface area contributed by atoms with Crippen LogP contribution in [0.15, 0.2) is 285 Å². The van der Waals surface area contributed by atoms with Crippen LogP contribution in [0.2, 0.25) is 0 Å². The molecular weight excluding hydrogens is 963 g/mol. The number of nitrogens with zero attached hydrogens (tertiary/aromatic N) is 7. The third-order valence-corrected chi connectivity index (χ3v) is 15.2. The molecule has 7 heteroatoms. The second-order valence-corrected chi connectivity index (χ2v) is 19.8. The van der Waals surface area contributed by atoms with Gasteiger partial charge in [0.2, 0.25) is 0 Å². The Kier molecular flexibility index (Phi) is 11.0. The third kappa shape index (κ3) is 7.99. The number of pyridine rings is 2. The normalized spacial score (nSPS) is 11.5. The summed E-state index contributed by atoms with van der Waals surface area (Å²) in [6.45, 7) is 0. The molecule has 7 nitrogen and oxygen atoms in total. The van der Waals surface area contributed by atoms with Gasteiger partial charge in [-0.3, -0.25) is 9.97 Å². The Hall–Kier alpha value is -10.8. The Morgan fingerprint density at radius 1 is 0.278 bits per heavy atom. The summed E-state index contributed by atoms with van der Waals surface area (Å²) < 4.78 is 2.37. The standard InChI is InChI=1S/C72H47N7/c1-5-20-52(21-6-1)77(53-22-7-2-8-23-53)57-35-37-59-61(46-57)62-47-58(78(54-24-9-3-10-25-54)55-26-11-4-12-27-55)36-38-60(62)71-70(59)75-66-39-41-68-69(72(66)76-71)63-45-50(49-18-17-19-51(44-49)65-29-14-16-43-74-65)32-40-67(63)79(68)56-33-30-48(31-34-56)64-28-13-15-42-73-64/h1-47H. The van der Waals surface area contributed by atoms with E-state index in [2.05, 4.69) is 267 Å². The predicted molar refractivity (Wildman–Crippen MR) is 328 cm³/mol. The molecule has 0 aliphatic rings. The van der Waals surface area contributed by atoms with Gasteiger partial charge in [-0.2, -0.15) is 0 Å². The second-order valence-electron chi connectivity index (χ2n) is 19.8. The summed E-state index contributed by atoms with van der Waals surface area (Å²) in [4.78, 5) is 25.6. The van der Waals surface area contributed by atoms with Crippen molar-refractivity contribution in [2.45, 2.75) is 0 Å². The zero-order valence-corrected chi connectivity index (χ0v) is 42.8. The van der Waals surface area contributed by atoms with Crippen LogP contribution in [0.3, 0.4) is 0 Å². The van der Waals surface area contributed by atoms with Crippen molar-refractivity contribution in [3.8, 4) is 39.3 Å². The lowest BCUT2D eigenvalue weighted by Gasteiger charge is -2.27. The second kappa shape index (κ2) is 19.1. The molecule has 0 amide bonds. The lowest BCUT2D eigenvalue weighted by atomic mass is 9.97. The molecule has 0 unspecified atom stereocenters. The van der Waals surface area contributed by atoms with Gasteiger partial charge in [-0.1, -0.05) is 133 Å². The Bertz CT molecular complexity index is 4670. The van der Waals surface area contributed by atoms with Gasteiger partial charge in [-0.25, -0.2) is 9.97 Å². The molecule has 15 aromatic rings. The summed E-state index contributed by atoms with van der Waals surface area (Å²) in [7, 11) is 0. The summed E-state index contributed by atoms with van der Waals surface area (Å²) in [6, 6.07) is 96.7. The zero-order chi connectivity index (χ0) is 52.2. The van der Waals surface area contributed by atoms with Crippen molar-refractivity contribution >= 4 is 99.5 Å². The van der Waals surface area contributed by atoms with Crippen molar-refractivity contribution in [1.29, 1.82) is 0 Å². The number of hydrogen-bond donors (Lipinski definition) is 0. The summed E-state index contributed by atoms with van der Waals surface area (Å²) in [5.74, 6) is 0. The highest BCUT2D eigenvalue weighted by atomic mass is 15.1. The molecule has 0 aliphatic heterocycles. The van der Waals surface area contributed by atoms with E-state index in [9.17, 15) is 0 Å². The SMILES string of the molecule is c1ccc(N(c2ccccc2)c2ccc3c(c2)c2cc(N(c4ccccc4)c4ccccc4)ccc2c2nc4c(ccc5c4c4cc(-c6cccc(-c7ccccn7)c6)ccc4n5-c4ccc(-c5ccccn5)cc4)nc32)cc1. The fourth-order valence-electron chi connectivity index (χ4n) is 11.6. The van der Waals surface area contributed by atoms with Crippen molar-refractivity contribution in [2.24, 2.45) is 0 Å². The first-order chi connectivity index (χ1) is 39.2. The van der Waals surface area contributed by atoms with E-state index in [-0.39, 0.29) is 0 Å². The quantitative estimate of drug-likeness (QED) is 0.100. The number of anilines is 6. The maximum absolute atomic E-state index is 5.88. The molecule has 4 heterocycles. The molecule has 15 rings (SSSR count). The van der Waals surface area contributed by atoms with Gasteiger partial charge in [0.15, 0.2) is 0 Å². The van der Waals surface area contributed by atoms with Gasteiger partial charge in [0.25, 0.3) is 0 Å². The molecule has 0 aliphatic carbocycles. The number of para-hydroxylation sites is 4. The highest BCUT2D eigenvalue weighted by Gasteiger charge is 2.23. The zero-order valence-electron chi connectivity index (χ0n) is 42.8. The lowest BCUT2D eigenvalue weighted by molar-refractivity contribution is 1.18. The Labute approximate surface area is 456 Å². The molecule has 0 bridgehead atoms. The van der Waals surface area contributed by atoms with Gasteiger partial charge < -0.3 is 14.4 Å². The number of fused-ring (bicyclic) bond motifs is 11. The van der Waals surface area contributed by atoms with Gasteiger partial charge in [0.05, 0.1) is 44.5 Å². The fourth-order valence-corrected chi connectivity index (χ4v) is 11.6. The van der Waals surface area contributed by atoms with E-state index in [1.165, 1.54) is 0 Å². The Morgan fingerprint density at radius 3 is 1.30 bits per heavy atom. The number of benzene rings is 11. The van der Waals surface area contributed by atoms with Gasteiger partial charge in [0.1, 0.15) is 0 Å². The van der Waals surface area contributed by atoms with Crippen LogP contribution in [0.25, 0.3) is 105 Å². The first-order valence-corrected chi connectivity index (χ1v) is 26.6. The summed E-state index contributed by atoms with van der Waals surface area (Å²) in [5, 5.41) is 6.32. The molecule has 0 atom stereocenters. The highest BCUT2D eigenvalue weighted by molar-refractivity contribution is 6.27. The van der Waals surface area contributed by atoms with Crippen molar-refractivity contribution in [1.82, 2.24) is 24.5 Å². The Balaban J connectivity index is 1.01. The fraction of sp³-hybridized carbons (Fsp3) is 0. The molecule has 0 saturated carbocycles. The molecule has 4 aromatic heterocycles. The van der Waals surface area contributed by atoms with Crippen molar-refractivity contribution in [2.75, 3.05) is 9.80 Å². The average Bonchev–Trinajstić information content (AvgIpc) is 4.01. The maximum atomic E-state index is 5.88. The van der Waals surface area contributed by atoms with Crippen molar-refractivity contribution < 1.29 is 0 Å². The van der Waals surface area contributed by atoms with E-state index >= 15 is 0 Å². The van der Waals surface area contributed by atoms with Crippen LogP contribution < -0.4 is 9.80 Å². The van der Waals surface area contributed by atoms with E-state index < -0.39 is 0 Å². The largest absolute Gasteiger partial charge is 0.310 e. The molecule has 0 fully saturated rings. The number of rotatable bonds is 10. The Morgan fingerprint density at radius 2 is 0.759 bits per heavy atom. The molecule has 0 N–H and O–H groups in total. The predicted octanol–water partition coefficient (Wildman–Crippen LogP) is 18.9. The van der Waals surface area contributed by atoms with Gasteiger partial charge in [-0.05, 0) is 161 Å². The average molecular weight is 1010 g/mol. The maximum Gasteiger partial charge on any atom is 0.0995 e. The van der Waals surface area contributed by atoms with Gasteiger partial charge in [-0.15, -0.1) is 0 Å². The highest BCUT2D eigenvalue weighted by Crippen LogP contribution is 2.45. The molecule has 0 saturated heterocycles. The van der Waals surface area contributed by atoms with Crippen LogP contribution in [0.4, 0.5) is 34.1 Å². The van der Waals surface area contributed by atoms with Gasteiger partial charge >= 0.3 is 0 Å². The van der Waals surface area contributed by atoms with E-state index in [0.29, 0.717) is 0 Å². The molecule has 370 valence electrons. The molecule has 11 aromatic carbocycles. The van der Waals surface area contributed by atoms with E-state index in [1.54, 1.807) is 0 Å². The van der Waals surface area contributed by atoms with Crippen LogP contribution in [0.5, 0.6) is 0 Å². The molecule has 0 spiro atoms. The van der Waals surface area contributed by atoms with Crippen LogP contribution in [0.1, 0.15) is 0 Å². The number of aromatic nitrogens is 5. The third-order valence-electron chi connectivity index (χ3n) is 15.2. The molecular formula is C72H47N7. The topological polar surface area (TPSA) is 63.0 Å². The van der Waals surface area contributed by atoms with Crippen LogP contribution in [-0.2, 0) is 0 Å². The first-order valence-electron chi connectivity index (χ1n) is 26.6. The minimum atomic E-state index is 0.822. The van der Waals surface area contributed by atoms with Crippen molar-refractivity contribution in [3.05, 3.63) is 285 Å².